The third-order valence-corrected chi connectivity index (χ3v) is 3.18. The number of aryl methyl sites for hydroxylation is 1. The Morgan fingerprint density at radius 1 is 1.44 bits per heavy atom. The number of amides is 1. The monoisotopic (exact) mass is 249 g/mol. The second kappa shape index (κ2) is 5.82. The van der Waals surface area contributed by atoms with E-state index >= 15 is 0 Å². The minimum Gasteiger partial charge on any atom is -0.504 e. The summed E-state index contributed by atoms with van der Waals surface area (Å²) in [5, 5.41) is 15.4. The van der Waals surface area contributed by atoms with Crippen LogP contribution in [0.15, 0.2) is 12.1 Å². The molecule has 1 aliphatic rings. The van der Waals surface area contributed by atoms with Gasteiger partial charge in [-0.05, 0) is 31.9 Å². The number of hydrogen-bond donors (Lipinski definition) is 3. The van der Waals surface area contributed by atoms with Gasteiger partial charge in [0.15, 0.2) is 11.6 Å². The molecule has 0 aromatic carbocycles. The lowest BCUT2D eigenvalue weighted by Gasteiger charge is -2.12. The van der Waals surface area contributed by atoms with Gasteiger partial charge in [0.05, 0.1) is 6.54 Å². The van der Waals surface area contributed by atoms with Crippen molar-refractivity contribution in [3.8, 4) is 5.75 Å². The normalized spacial score (nSPS) is 15.8. The molecule has 0 atom stereocenters. The van der Waals surface area contributed by atoms with E-state index in [0.717, 1.165) is 18.5 Å². The zero-order chi connectivity index (χ0) is 13.0. The third kappa shape index (κ3) is 3.43. The molecule has 2 rings (SSSR count). The van der Waals surface area contributed by atoms with Crippen LogP contribution < -0.4 is 10.6 Å². The van der Waals surface area contributed by atoms with E-state index in [4.69, 9.17) is 0 Å². The smallest absolute Gasteiger partial charge is 0.239 e. The summed E-state index contributed by atoms with van der Waals surface area (Å²) in [6.45, 7) is 2.08. The highest BCUT2D eigenvalue weighted by Crippen LogP contribution is 2.20. The van der Waals surface area contributed by atoms with Crippen molar-refractivity contribution in [2.75, 3.05) is 11.9 Å². The van der Waals surface area contributed by atoms with E-state index in [9.17, 15) is 9.90 Å². The molecule has 1 amide bonds. The average molecular weight is 249 g/mol. The van der Waals surface area contributed by atoms with E-state index in [2.05, 4.69) is 15.6 Å². The maximum atomic E-state index is 11.7. The first-order valence-electron chi connectivity index (χ1n) is 6.35. The number of pyridine rings is 1. The van der Waals surface area contributed by atoms with Crippen LogP contribution in [0.25, 0.3) is 0 Å². The fourth-order valence-corrected chi connectivity index (χ4v) is 2.18. The van der Waals surface area contributed by atoms with Crippen molar-refractivity contribution in [2.24, 2.45) is 0 Å². The molecule has 98 valence electrons. The van der Waals surface area contributed by atoms with E-state index in [-0.39, 0.29) is 24.0 Å². The lowest BCUT2D eigenvalue weighted by Crippen LogP contribution is -2.34. The minimum absolute atomic E-state index is 0.00480. The molecule has 0 spiro atoms. The highest BCUT2D eigenvalue weighted by molar-refractivity contribution is 5.92. The topological polar surface area (TPSA) is 74.2 Å². The van der Waals surface area contributed by atoms with Crippen LogP contribution in [0.3, 0.4) is 0 Å². The first-order chi connectivity index (χ1) is 8.65. The first-order valence-corrected chi connectivity index (χ1v) is 6.35. The molecular weight excluding hydrogens is 230 g/mol. The molecule has 1 aromatic rings. The fraction of sp³-hybridized carbons (Fsp3) is 0.538. The highest BCUT2D eigenvalue weighted by Gasteiger charge is 2.15. The molecule has 1 heterocycles. The predicted octanol–water partition coefficient (Wildman–Crippen LogP) is 1.57. The van der Waals surface area contributed by atoms with Crippen LogP contribution in [0.5, 0.6) is 5.75 Å². The molecular formula is C13H19N3O2. The molecule has 5 nitrogen and oxygen atoms in total. The van der Waals surface area contributed by atoms with Crippen molar-refractivity contribution in [3.05, 3.63) is 17.8 Å². The van der Waals surface area contributed by atoms with Crippen molar-refractivity contribution in [1.29, 1.82) is 0 Å². The molecule has 1 saturated carbocycles. The second-order valence-corrected chi connectivity index (χ2v) is 4.73. The van der Waals surface area contributed by atoms with E-state index in [1.54, 1.807) is 6.07 Å². The van der Waals surface area contributed by atoms with Gasteiger partial charge >= 0.3 is 0 Å². The largest absolute Gasteiger partial charge is 0.504 e. The maximum Gasteiger partial charge on any atom is 0.239 e. The maximum absolute atomic E-state index is 11.7. The molecule has 0 aliphatic heterocycles. The predicted molar refractivity (Wildman–Crippen MR) is 69.5 cm³/mol. The second-order valence-electron chi connectivity index (χ2n) is 4.73. The summed E-state index contributed by atoms with van der Waals surface area (Å²) in [5.41, 5.74) is 0.756. The first kappa shape index (κ1) is 12.8. The molecule has 1 aromatic heterocycles. The summed E-state index contributed by atoms with van der Waals surface area (Å²) in [7, 11) is 0. The van der Waals surface area contributed by atoms with E-state index in [1.807, 2.05) is 6.92 Å². The molecule has 1 aliphatic carbocycles. The van der Waals surface area contributed by atoms with Gasteiger partial charge in [0, 0.05) is 11.7 Å². The van der Waals surface area contributed by atoms with Crippen LogP contribution in [-0.4, -0.2) is 28.6 Å². The minimum atomic E-state index is -0.171. The van der Waals surface area contributed by atoms with Crippen LogP contribution >= 0.6 is 0 Å². The van der Waals surface area contributed by atoms with Gasteiger partial charge in [-0.15, -0.1) is 0 Å². The number of carbonyl (C=O) groups is 1. The summed E-state index contributed by atoms with van der Waals surface area (Å²) < 4.78 is 0. The van der Waals surface area contributed by atoms with Gasteiger partial charge in [0.1, 0.15) is 0 Å². The summed E-state index contributed by atoms with van der Waals surface area (Å²) in [5.74, 6) is 0.0540. The Morgan fingerprint density at radius 3 is 2.89 bits per heavy atom. The van der Waals surface area contributed by atoms with Crippen molar-refractivity contribution >= 4 is 11.7 Å². The van der Waals surface area contributed by atoms with Crippen LogP contribution in [-0.2, 0) is 4.79 Å². The van der Waals surface area contributed by atoms with Gasteiger partial charge in [-0.25, -0.2) is 4.98 Å². The number of carbonyl (C=O) groups excluding carboxylic acids is 1. The summed E-state index contributed by atoms with van der Waals surface area (Å²) >= 11 is 0. The molecule has 18 heavy (non-hydrogen) atoms. The quantitative estimate of drug-likeness (QED) is 0.757. The van der Waals surface area contributed by atoms with Gasteiger partial charge in [0.25, 0.3) is 0 Å². The van der Waals surface area contributed by atoms with Crippen LogP contribution in [0.1, 0.15) is 31.4 Å². The van der Waals surface area contributed by atoms with Gasteiger partial charge in [0.2, 0.25) is 5.91 Å². The molecule has 5 heteroatoms. The number of nitrogens with zero attached hydrogens (tertiary/aromatic N) is 1. The molecule has 1 fully saturated rings. The Hall–Kier alpha value is -1.62. The van der Waals surface area contributed by atoms with Gasteiger partial charge in [-0.1, -0.05) is 12.8 Å². The van der Waals surface area contributed by atoms with Gasteiger partial charge in [-0.3, -0.25) is 4.79 Å². The Bertz CT molecular complexity index is 428. The number of hydrogen-bond acceptors (Lipinski definition) is 4. The van der Waals surface area contributed by atoms with Crippen LogP contribution in [0.4, 0.5) is 5.82 Å². The summed E-state index contributed by atoms with van der Waals surface area (Å²) in [6.07, 6.45) is 4.75. The molecule has 0 bridgehead atoms. The van der Waals surface area contributed by atoms with Crippen molar-refractivity contribution < 1.29 is 9.90 Å². The van der Waals surface area contributed by atoms with Crippen molar-refractivity contribution in [1.82, 2.24) is 10.3 Å². The Labute approximate surface area is 107 Å². The fourth-order valence-electron chi connectivity index (χ4n) is 2.18. The number of anilines is 1. The van der Waals surface area contributed by atoms with Crippen LogP contribution in [0.2, 0.25) is 0 Å². The number of rotatable bonds is 4. The van der Waals surface area contributed by atoms with E-state index in [0.29, 0.717) is 6.04 Å². The van der Waals surface area contributed by atoms with E-state index in [1.165, 1.54) is 18.9 Å². The molecule has 0 unspecified atom stereocenters. The van der Waals surface area contributed by atoms with Gasteiger partial charge < -0.3 is 15.7 Å². The molecule has 3 N–H and O–H groups in total. The highest BCUT2D eigenvalue weighted by atomic mass is 16.3. The number of aromatic hydroxyl groups is 1. The lowest BCUT2D eigenvalue weighted by molar-refractivity contribution is -0.115. The van der Waals surface area contributed by atoms with Crippen molar-refractivity contribution in [3.63, 3.8) is 0 Å². The lowest BCUT2D eigenvalue weighted by atomic mass is 10.2. The van der Waals surface area contributed by atoms with E-state index < -0.39 is 0 Å². The standard InChI is InChI=1S/C13H19N3O2/c1-9-6-7-11(17)13(15-9)16-12(18)8-14-10-4-2-3-5-10/h6-7,10,14,17H,2-5,8H2,1H3,(H,15,16,18). The third-order valence-electron chi connectivity index (χ3n) is 3.18. The SMILES string of the molecule is Cc1ccc(O)c(NC(=O)CNC2CCCC2)n1. The van der Waals surface area contributed by atoms with Crippen molar-refractivity contribution in [2.45, 2.75) is 38.6 Å². The van der Waals surface area contributed by atoms with Gasteiger partial charge in [-0.2, -0.15) is 0 Å². The summed E-state index contributed by atoms with van der Waals surface area (Å²) in [4.78, 5) is 15.8. The molecule has 0 saturated heterocycles. The Morgan fingerprint density at radius 2 is 2.17 bits per heavy atom. The Kier molecular flexibility index (Phi) is 4.15. The van der Waals surface area contributed by atoms with Crippen LogP contribution in [0, 0.1) is 6.92 Å². The molecule has 0 radical (unpaired) electrons. The average Bonchev–Trinajstić information content (AvgIpc) is 2.84. The number of nitrogens with one attached hydrogen (secondary N) is 2. The summed E-state index contributed by atoms with van der Waals surface area (Å²) in [6, 6.07) is 3.68. The zero-order valence-electron chi connectivity index (χ0n) is 10.6. The number of aromatic nitrogens is 1. The zero-order valence-corrected chi connectivity index (χ0v) is 10.6. The Balaban J connectivity index is 1.84.